The number of hydrogen-bond donors (Lipinski definition) is 0. The van der Waals surface area contributed by atoms with Crippen LogP contribution in [0.3, 0.4) is 0 Å². The molecule has 2 aliphatic heterocycles. The summed E-state index contributed by atoms with van der Waals surface area (Å²) in [7, 11) is 0. The maximum atomic E-state index is 13.8. The van der Waals surface area contributed by atoms with E-state index >= 15 is 0 Å². The third kappa shape index (κ3) is 7.92. The van der Waals surface area contributed by atoms with Gasteiger partial charge in [0.1, 0.15) is 24.4 Å². The zero-order valence-corrected chi connectivity index (χ0v) is 22.9. The maximum Gasteiger partial charge on any atom is 0.415 e. The number of alkyl halides is 4. The van der Waals surface area contributed by atoms with Gasteiger partial charge >= 0.3 is 30.1 Å². The number of halogens is 4. The molecular weight excluding hydrogens is 616 g/mol. The molecule has 41 heavy (non-hydrogen) atoms. The number of carbonyl (C=O) groups excluding carboxylic acids is 4. The Morgan fingerprint density at radius 1 is 0.780 bits per heavy atom. The fraction of sp³-hybridized carbons (Fsp3) is 0.810. The Kier molecular flexibility index (Phi) is 11.1. The quantitative estimate of drug-likeness (QED) is 0.0820. The highest BCUT2D eigenvalue weighted by Crippen LogP contribution is 2.44. The second kappa shape index (κ2) is 13.6. The van der Waals surface area contributed by atoms with Crippen molar-refractivity contribution in [2.75, 3.05) is 0 Å². The number of esters is 4. The molecule has 0 aromatic heterocycles. The van der Waals surface area contributed by atoms with Crippen LogP contribution in [0.5, 0.6) is 0 Å². The van der Waals surface area contributed by atoms with Crippen LogP contribution < -0.4 is 10.5 Å². The van der Waals surface area contributed by atoms with Crippen molar-refractivity contribution in [3.63, 3.8) is 0 Å². The zero-order chi connectivity index (χ0) is 30.6. The van der Waals surface area contributed by atoms with Gasteiger partial charge in [-0.25, -0.2) is 9.18 Å². The standard InChI is InChI=1S/C11H13F3O7S.C10H13FO7S/c1-10(11(12,13)14,22-21-20-17)9(16)19-6-3-2-5-4-7(6)18-8(5)15;1-10(11,19-18-17-14)9(13)16-6-3-2-5-4-7(6)15-8(5)12/h5-7,17H,2-4H2,1H3;5-7,14H,2-4H2,1H3/p-2. The molecule has 20 heteroatoms. The molecular formula is C21H24F4O14S2-2. The average molecular weight is 641 g/mol. The summed E-state index contributed by atoms with van der Waals surface area (Å²) >= 11 is -0.583. The molecule has 4 rings (SSSR count). The summed E-state index contributed by atoms with van der Waals surface area (Å²) in [5, 5.41) is 22.6. The number of hydrogen-bond acceptors (Lipinski definition) is 16. The highest BCUT2D eigenvalue weighted by Gasteiger charge is 2.61. The van der Waals surface area contributed by atoms with Crippen molar-refractivity contribution in [3.8, 4) is 0 Å². The Morgan fingerprint density at radius 3 is 1.66 bits per heavy atom. The summed E-state index contributed by atoms with van der Waals surface area (Å²) in [5.74, 6) is -4.03. The molecule has 4 bridgehead atoms. The van der Waals surface area contributed by atoms with E-state index in [-0.39, 0.29) is 36.3 Å². The normalized spacial score (nSPS) is 31.5. The summed E-state index contributed by atoms with van der Waals surface area (Å²) in [6.45, 7) is 1.39. The van der Waals surface area contributed by atoms with Crippen LogP contribution in [-0.2, 0) is 56.9 Å². The molecule has 8 atom stereocenters. The highest BCUT2D eigenvalue weighted by atomic mass is 32.2. The predicted molar refractivity (Wildman–Crippen MR) is 118 cm³/mol. The summed E-state index contributed by atoms with van der Waals surface area (Å²) in [4.78, 5) is 46.2. The lowest BCUT2D eigenvalue weighted by Crippen LogP contribution is -2.50. The van der Waals surface area contributed by atoms with Crippen molar-refractivity contribution in [2.24, 2.45) is 11.8 Å². The van der Waals surface area contributed by atoms with Crippen molar-refractivity contribution in [1.82, 2.24) is 0 Å². The molecule has 2 aliphatic carbocycles. The van der Waals surface area contributed by atoms with Gasteiger partial charge in [0.05, 0.1) is 35.9 Å². The van der Waals surface area contributed by atoms with Gasteiger partial charge in [0, 0.05) is 12.8 Å². The maximum absolute atomic E-state index is 13.8. The van der Waals surface area contributed by atoms with Gasteiger partial charge in [-0.2, -0.15) is 21.8 Å². The average Bonchev–Trinajstić information content (AvgIpc) is 3.38. The third-order valence-corrected chi connectivity index (χ3v) is 8.38. The first-order chi connectivity index (χ1) is 19.1. The van der Waals surface area contributed by atoms with Crippen molar-refractivity contribution in [2.45, 2.75) is 92.7 Å². The van der Waals surface area contributed by atoms with Gasteiger partial charge in [-0.3, -0.25) is 24.5 Å². The first-order valence-corrected chi connectivity index (χ1v) is 13.5. The summed E-state index contributed by atoms with van der Waals surface area (Å²) in [6, 6.07) is 0. The number of carbonyl (C=O) groups is 4. The fourth-order valence-electron chi connectivity index (χ4n) is 4.52. The van der Waals surface area contributed by atoms with Gasteiger partial charge in [-0.1, -0.05) is 0 Å². The minimum absolute atomic E-state index is 0.0885. The van der Waals surface area contributed by atoms with Gasteiger partial charge in [-0.15, -0.1) is 0 Å². The Bertz CT molecular complexity index is 984. The molecule has 0 aromatic rings. The lowest BCUT2D eigenvalue weighted by Gasteiger charge is -2.32. The van der Waals surface area contributed by atoms with E-state index in [0.29, 0.717) is 39.0 Å². The molecule has 0 N–H and O–H groups in total. The van der Waals surface area contributed by atoms with E-state index in [2.05, 4.69) is 18.7 Å². The highest BCUT2D eigenvalue weighted by molar-refractivity contribution is 7.96. The molecule has 2 saturated carbocycles. The van der Waals surface area contributed by atoms with Crippen LogP contribution in [0.25, 0.3) is 0 Å². The van der Waals surface area contributed by atoms with Crippen molar-refractivity contribution >= 4 is 48.0 Å². The van der Waals surface area contributed by atoms with Crippen LogP contribution in [0.1, 0.15) is 52.4 Å². The van der Waals surface area contributed by atoms with Gasteiger partial charge in [0.2, 0.25) is 4.75 Å². The molecule has 14 nitrogen and oxygen atoms in total. The van der Waals surface area contributed by atoms with E-state index in [4.69, 9.17) is 18.9 Å². The topological polar surface area (TPSA) is 188 Å². The van der Waals surface area contributed by atoms with Gasteiger partial charge < -0.3 is 29.5 Å². The molecule has 4 fully saturated rings. The predicted octanol–water partition coefficient (Wildman–Crippen LogP) is 0.997. The second-order valence-electron chi connectivity index (χ2n) is 9.74. The molecule has 0 radical (unpaired) electrons. The molecule has 234 valence electrons. The summed E-state index contributed by atoms with van der Waals surface area (Å²) in [6.07, 6.45) is -5.55. The van der Waals surface area contributed by atoms with E-state index < -0.39 is 70.3 Å². The monoisotopic (exact) mass is 640 g/mol. The lowest BCUT2D eigenvalue weighted by molar-refractivity contribution is -0.777. The van der Waals surface area contributed by atoms with Crippen LogP contribution >= 0.6 is 24.1 Å². The van der Waals surface area contributed by atoms with Crippen LogP contribution in [0.2, 0.25) is 0 Å². The smallest absolute Gasteiger partial charge is 0.415 e. The summed E-state index contributed by atoms with van der Waals surface area (Å²) < 4.78 is 77.1. The fourth-order valence-corrected chi connectivity index (χ4v) is 5.17. The molecule has 2 heterocycles. The largest absolute Gasteiger partial charge is 0.691 e. The van der Waals surface area contributed by atoms with E-state index in [0.717, 1.165) is 6.92 Å². The Labute approximate surface area is 237 Å². The molecule has 4 aliphatic rings. The molecule has 2 saturated heterocycles. The SMILES string of the molecule is CC(F)(SOO[O-])C(=O)OC1CCC2CC1OC2=O.CC(SOO[O-])(C(=O)OC1CCC2CC1OC2=O)C(F)(F)F. The Morgan fingerprint density at radius 2 is 1.22 bits per heavy atom. The van der Waals surface area contributed by atoms with E-state index in [1.54, 1.807) is 0 Å². The number of fused-ring (bicyclic) bond motifs is 4. The molecule has 8 unspecified atom stereocenters. The Balaban J connectivity index is 0.000000228. The van der Waals surface area contributed by atoms with Crippen molar-refractivity contribution < 1.29 is 84.9 Å². The van der Waals surface area contributed by atoms with Crippen molar-refractivity contribution in [3.05, 3.63) is 0 Å². The van der Waals surface area contributed by atoms with E-state index in [1.807, 2.05) is 0 Å². The van der Waals surface area contributed by atoms with E-state index in [9.17, 15) is 47.3 Å². The molecule has 0 aromatic carbocycles. The molecule has 0 amide bonds. The zero-order valence-electron chi connectivity index (χ0n) is 21.3. The first-order valence-electron chi connectivity index (χ1n) is 12.0. The summed E-state index contributed by atoms with van der Waals surface area (Å²) in [5.41, 5.74) is 0. The number of ether oxygens (including phenoxy) is 4. The van der Waals surface area contributed by atoms with Gasteiger partial charge in [-0.05, 0) is 39.5 Å². The molecule has 0 spiro atoms. The lowest BCUT2D eigenvalue weighted by atomic mass is 9.88. The van der Waals surface area contributed by atoms with Crippen molar-refractivity contribution in [1.29, 1.82) is 0 Å². The minimum atomic E-state index is -5.04. The second-order valence-corrected chi connectivity index (χ2v) is 11.9. The van der Waals surface area contributed by atoms with Gasteiger partial charge in [0.15, 0.2) is 0 Å². The van der Waals surface area contributed by atoms with E-state index in [1.165, 1.54) is 0 Å². The first kappa shape index (κ1) is 33.6. The van der Waals surface area contributed by atoms with Crippen LogP contribution in [0.15, 0.2) is 0 Å². The van der Waals surface area contributed by atoms with Crippen LogP contribution in [0.4, 0.5) is 17.6 Å². The van der Waals surface area contributed by atoms with Crippen LogP contribution in [-0.4, -0.2) is 64.2 Å². The minimum Gasteiger partial charge on any atom is -0.691 e. The number of rotatable bonds is 10. The third-order valence-electron chi connectivity index (χ3n) is 6.92. The Hall–Kier alpha value is -1.94. The van der Waals surface area contributed by atoms with Crippen LogP contribution in [0, 0.1) is 11.8 Å². The van der Waals surface area contributed by atoms with Gasteiger partial charge in [0.25, 0.3) is 5.00 Å².